The molecule has 21 heavy (non-hydrogen) atoms. The van der Waals surface area contributed by atoms with Crippen molar-refractivity contribution >= 4 is 0 Å². The van der Waals surface area contributed by atoms with Gasteiger partial charge in [0.15, 0.2) is 0 Å². The summed E-state index contributed by atoms with van der Waals surface area (Å²) in [5.74, 6) is 0.584. The Bertz CT molecular complexity index is 494. The predicted octanol–water partition coefficient (Wildman–Crippen LogP) is 2.98. The summed E-state index contributed by atoms with van der Waals surface area (Å²) < 4.78 is 13.9. The molecule has 0 spiro atoms. The Morgan fingerprint density at radius 1 is 1.24 bits per heavy atom. The fourth-order valence-corrected chi connectivity index (χ4v) is 3.97. The molecule has 0 aromatic heterocycles. The first-order chi connectivity index (χ1) is 10.2. The Balaban J connectivity index is 1.97. The minimum absolute atomic E-state index is 0.156. The number of rotatable bonds is 3. The van der Waals surface area contributed by atoms with Crippen molar-refractivity contribution in [2.75, 3.05) is 26.2 Å². The molecule has 0 amide bonds. The fourth-order valence-electron chi connectivity index (χ4n) is 3.97. The first-order valence-corrected chi connectivity index (χ1v) is 8.10. The molecule has 1 aromatic rings. The lowest BCUT2D eigenvalue weighted by Gasteiger charge is -2.39. The standard InChI is InChI=1S/C17H25FN2O/c1-12-10-14(18)11-15(17(12)21)16(13-4-2-3-5-13)20-8-6-19-7-9-20/h10-11,13,16,19,21H,2-9H2,1H3/t16-/m1/s1. The summed E-state index contributed by atoms with van der Waals surface area (Å²) in [5, 5.41) is 13.8. The van der Waals surface area contributed by atoms with Crippen LogP contribution in [0.5, 0.6) is 5.75 Å². The average molecular weight is 292 g/mol. The van der Waals surface area contributed by atoms with Crippen molar-refractivity contribution < 1.29 is 9.50 Å². The molecular weight excluding hydrogens is 267 g/mol. The van der Waals surface area contributed by atoms with E-state index in [1.807, 2.05) is 0 Å². The first kappa shape index (κ1) is 14.8. The van der Waals surface area contributed by atoms with Crippen LogP contribution in [0, 0.1) is 18.7 Å². The van der Waals surface area contributed by atoms with Crippen molar-refractivity contribution in [1.29, 1.82) is 0 Å². The smallest absolute Gasteiger partial charge is 0.124 e. The van der Waals surface area contributed by atoms with Gasteiger partial charge in [0.1, 0.15) is 11.6 Å². The molecule has 2 N–H and O–H groups in total. The van der Waals surface area contributed by atoms with E-state index >= 15 is 0 Å². The highest BCUT2D eigenvalue weighted by molar-refractivity contribution is 5.42. The predicted molar refractivity (Wildman–Crippen MR) is 81.9 cm³/mol. The number of benzene rings is 1. The lowest BCUT2D eigenvalue weighted by Crippen LogP contribution is -2.46. The monoisotopic (exact) mass is 292 g/mol. The third-order valence-electron chi connectivity index (χ3n) is 5.00. The molecule has 1 saturated carbocycles. The van der Waals surface area contributed by atoms with Crippen LogP contribution in [0.4, 0.5) is 4.39 Å². The molecule has 0 unspecified atom stereocenters. The Morgan fingerprint density at radius 3 is 2.57 bits per heavy atom. The van der Waals surface area contributed by atoms with Crippen LogP contribution in [0.1, 0.15) is 42.9 Å². The highest BCUT2D eigenvalue weighted by Crippen LogP contribution is 2.43. The lowest BCUT2D eigenvalue weighted by molar-refractivity contribution is 0.123. The Morgan fingerprint density at radius 2 is 1.90 bits per heavy atom. The van der Waals surface area contributed by atoms with E-state index in [0.29, 0.717) is 11.5 Å². The van der Waals surface area contributed by atoms with E-state index in [-0.39, 0.29) is 17.6 Å². The highest BCUT2D eigenvalue weighted by atomic mass is 19.1. The minimum Gasteiger partial charge on any atom is -0.507 e. The van der Waals surface area contributed by atoms with Crippen LogP contribution in [0.2, 0.25) is 0 Å². The minimum atomic E-state index is -0.238. The van der Waals surface area contributed by atoms with Crippen LogP contribution >= 0.6 is 0 Å². The van der Waals surface area contributed by atoms with Gasteiger partial charge in [0.05, 0.1) is 0 Å². The van der Waals surface area contributed by atoms with Crippen LogP contribution in [0.15, 0.2) is 12.1 Å². The Kier molecular flexibility index (Phi) is 4.45. The first-order valence-electron chi connectivity index (χ1n) is 8.10. The summed E-state index contributed by atoms with van der Waals surface area (Å²) in [7, 11) is 0. The highest BCUT2D eigenvalue weighted by Gasteiger charge is 2.34. The molecule has 1 aliphatic carbocycles. The molecule has 3 rings (SSSR count). The van der Waals surface area contributed by atoms with Gasteiger partial charge in [0.25, 0.3) is 0 Å². The van der Waals surface area contributed by atoms with Gasteiger partial charge in [-0.15, -0.1) is 0 Å². The van der Waals surface area contributed by atoms with Crippen molar-refractivity contribution in [3.05, 3.63) is 29.1 Å². The van der Waals surface area contributed by atoms with Gasteiger partial charge in [-0.1, -0.05) is 12.8 Å². The number of nitrogens with zero attached hydrogens (tertiary/aromatic N) is 1. The van der Waals surface area contributed by atoms with E-state index in [9.17, 15) is 9.50 Å². The molecule has 1 aromatic carbocycles. The van der Waals surface area contributed by atoms with Crippen molar-refractivity contribution in [3.8, 4) is 5.75 Å². The Labute approximate surface area is 126 Å². The molecule has 3 nitrogen and oxygen atoms in total. The second-order valence-electron chi connectivity index (χ2n) is 6.44. The third-order valence-corrected chi connectivity index (χ3v) is 5.00. The van der Waals surface area contributed by atoms with E-state index in [1.165, 1.54) is 31.7 Å². The maximum absolute atomic E-state index is 13.9. The molecule has 0 bridgehead atoms. The summed E-state index contributed by atoms with van der Waals surface area (Å²) in [6.45, 7) is 5.66. The number of hydrogen-bond acceptors (Lipinski definition) is 3. The molecular formula is C17H25FN2O. The summed E-state index contributed by atoms with van der Waals surface area (Å²) in [6, 6.07) is 3.12. The summed E-state index contributed by atoms with van der Waals surface area (Å²) in [5.41, 5.74) is 1.43. The number of halogens is 1. The second-order valence-corrected chi connectivity index (χ2v) is 6.44. The molecule has 1 atom stereocenters. The maximum atomic E-state index is 13.9. The maximum Gasteiger partial charge on any atom is 0.124 e. The van der Waals surface area contributed by atoms with Gasteiger partial charge in [-0.05, 0) is 43.4 Å². The molecule has 1 aliphatic heterocycles. The van der Waals surface area contributed by atoms with Crippen molar-refractivity contribution in [2.45, 2.75) is 38.6 Å². The van der Waals surface area contributed by atoms with Crippen molar-refractivity contribution in [3.63, 3.8) is 0 Å². The van der Waals surface area contributed by atoms with Gasteiger partial charge in [-0.2, -0.15) is 0 Å². The molecule has 116 valence electrons. The zero-order valence-electron chi connectivity index (χ0n) is 12.7. The zero-order chi connectivity index (χ0) is 14.8. The van der Waals surface area contributed by atoms with Crippen LogP contribution in [-0.2, 0) is 0 Å². The number of piperazine rings is 1. The number of nitrogens with one attached hydrogen (secondary N) is 1. The van der Waals surface area contributed by atoms with Crippen LogP contribution in [-0.4, -0.2) is 36.2 Å². The van der Waals surface area contributed by atoms with E-state index in [2.05, 4.69) is 10.2 Å². The SMILES string of the molecule is Cc1cc(F)cc([C@@H](C2CCCC2)N2CCNCC2)c1O. The summed E-state index contributed by atoms with van der Waals surface area (Å²) in [6.07, 6.45) is 4.87. The quantitative estimate of drug-likeness (QED) is 0.899. The molecule has 4 heteroatoms. The van der Waals surface area contributed by atoms with Crippen LogP contribution in [0.3, 0.4) is 0 Å². The van der Waals surface area contributed by atoms with Gasteiger partial charge in [-0.3, -0.25) is 4.90 Å². The van der Waals surface area contributed by atoms with Gasteiger partial charge >= 0.3 is 0 Å². The summed E-state index contributed by atoms with van der Waals surface area (Å²) in [4.78, 5) is 2.43. The molecule has 2 fully saturated rings. The van der Waals surface area contributed by atoms with Crippen molar-refractivity contribution in [1.82, 2.24) is 10.2 Å². The van der Waals surface area contributed by atoms with Crippen LogP contribution in [0.25, 0.3) is 0 Å². The molecule has 1 heterocycles. The van der Waals surface area contributed by atoms with E-state index in [4.69, 9.17) is 0 Å². The van der Waals surface area contributed by atoms with Crippen LogP contribution < -0.4 is 5.32 Å². The van der Waals surface area contributed by atoms with Crippen molar-refractivity contribution in [2.24, 2.45) is 5.92 Å². The molecule has 0 radical (unpaired) electrons. The van der Waals surface area contributed by atoms with Gasteiger partial charge in [0, 0.05) is 37.8 Å². The van der Waals surface area contributed by atoms with E-state index in [0.717, 1.165) is 31.7 Å². The second kappa shape index (κ2) is 6.32. The summed E-state index contributed by atoms with van der Waals surface area (Å²) >= 11 is 0. The number of phenolic OH excluding ortho intramolecular Hbond substituents is 1. The number of phenols is 1. The van der Waals surface area contributed by atoms with Gasteiger partial charge in [0.2, 0.25) is 0 Å². The van der Waals surface area contributed by atoms with E-state index in [1.54, 1.807) is 13.0 Å². The number of hydrogen-bond donors (Lipinski definition) is 2. The average Bonchev–Trinajstić information content (AvgIpc) is 2.99. The van der Waals surface area contributed by atoms with Gasteiger partial charge < -0.3 is 10.4 Å². The normalized spacial score (nSPS) is 22.6. The van der Waals surface area contributed by atoms with Gasteiger partial charge in [-0.25, -0.2) is 4.39 Å². The topological polar surface area (TPSA) is 35.5 Å². The fraction of sp³-hybridized carbons (Fsp3) is 0.647. The third kappa shape index (κ3) is 3.06. The number of aromatic hydroxyl groups is 1. The lowest BCUT2D eigenvalue weighted by atomic mass is 9.88. The van der Waals surface area contributed by atoms with E-state index < -0.39 is 0 Å². The number of aryl methyl sites for hydroxylation is 1. The Hall–Kier alpha value is -1.13. The zero-order valence-corrected chi connectivity index (χ0v) is 12.7. The largest absolute Gasteiger partial charge is 0.507 e. The molecule has 1 saturated heterocycles. The molecule has 2 aliphatic rings.